The van der Waals surface area contributed by atoms with E-state index in [0.717, 1.165) is 39.3 Å². The standard InChI is InChI=1S/C29H26N4O2/c1-18-10-12-21(13-11-18)32-27(34)24-15-20(16-31-19(24)2)23-8-5-9-25-26(23)29(3,4)28(35)33(25)22-7-6-14-30-17-22/h5-17H,1-4H3,(H,32,34). The van der Waals surface area contributed by atoms with Gasteiger partial charge in [-0.25, -0.2) is 0 Å². The van der Waals surface area contributed by atoms with Gasteiger partial charge in [0.1, 0.15) is 0 Å². The van der Waals surface area contributed by atoms with Gasteiger partial charge in [0.05, 0.1) is 34.2 Å². The van der Waals surface area contributed by atoms with Gasteiger partial charge in [-0.15, -0.1) is 0 Å². The van der Waals surface area contributed by atoms with E-state index in [0.29, 0.717) is 11.3 Å². The van der Waals surface area contributed by atoms with E-state index in [9.17, 15) is 9.59 Å². The fourth-order valence-electron chi connectivity index (χ4n) is 4.61. The zero-order valence-corrected chi connectivity index (χ0v) is 20.2. The minimum Gasteiger partial charge on any atom is -0.322 e. The number of anilines is 3. The van der Waals surface area contributed by atoms with Crippen LogP contribution < -0.4 is 10.2 Å². The van der Waals surface area contributed by atoms with Crippen molar-refractivity contribution in [2.75, 3.05) is 10.2 Å². The van der Waals surface area contributed by atoms with E-state index in [4.69, 9.17) is 0 Å². The number of carbonyl (C=O) groups excluding carboxylic acids is 2. The van der Waals surface area contributed by atoms with Crippen LogP contribution >= 0.6 is 0 Å². The van der Waals surface area contributed by atoms with Crippen molar-refractivity contribution in [3.63, 3.8) is 0 Å². The van der Waals surface area contributed by atoms with Crippen LogP contribution in [0, 0.1) is 13.8 Å². The van der Waals surface area contributed by atoms with Gasteiger partial charge in [0.25, 0.3) is 5.91 Å². The molecule has 1 aliphatic heterocycles. The second kappa shape index (κ2) is 8.47. The van der Waals surface area contributed by atoms with Crippen molar-refractivity contribution in [1.82, 2.24) is 9.97 Å². The van der Waals surface area contributed by atoms with Crippen molar-refractivity contribution in [2.45, 2.75) is 33.1 Å². The SMILES string of the molecule is Cc1ccc(NC(=O)c2cc(-c3cccc4c3C(C)(C)C(=O)N4c3cccnc3)cnc2C)cc1. The summed E-state index contributed by atoms with van der Waals surface area (Å²) >= 11 is 0. The van der Waals surface area contributed by atoms with Crippen LogP contribution in [0.2, 0.25) is 0 Å². The number of aryl methyl sites for hydroxylation is 2. The van der Waals surface area contributed by atoms with E-state index < -0.39 is 5.41 Å². The predicted octanol–water partition coefficient (Wildman–Crippen LogP) is 5.97. The van der Waals surface area contributed by atoms with E-state index in [1.807, 2.05) is 88.4 Å². The van der Waals surface area contributed by atoms with Crippen molar-refractivity contribution in [1.29, 1.82) is 0 Å². The molecule has 5 rings (SSSR count). The van der Waals surface area contributed by atoms with Crippen LogP contribution in [-0.4, -0.2) is 21.8 Å². The van der Waals surface area contributed by atoms with Crippen LogP contribution in [0.1, 0.15) is 41.0 Å². The van der Waals surface area contributed by atoms with Gasteiger partial charge in [-0.3, -0.25) is 24.5 Å². The Balaban J connectivity index is 1.58. The van der Waals surface area contributed by atoms with Crippen LogP contribution in [0.5, 0.6) is 0 Å². The third-order valence-electron chi connectivity index (χ3n) is 6.50. The summed E-state index contributed by atoms with van der Waals surface area (Å²) in [5.41, 5.74) is 6.33. The molecule has 0 bridgehead atoms. The summed E-state index contributed by atoms with van der Waals surface area (Å²) in [6.45, 7) is 7.69. The lowest BCUT2D eigenvalue weighted by Gasteiger charge is -2.20. The molecule has 2 amide bonds. The second-order valence-electron chi connectivity index (χ2n) is 9.35. The van der Waals surface area contributed by atoms with Crippen LogP contribution in [-0.2, 0) is 10.2 Å². The maximum atomic E-state index is 13.5. The maximum Gasteiger partial charge on any atom is 0.257 e. The Morgan fingerprint density at radius 2 is 1.74 bits per heavy atom. The van der Waals surface area contributed by atoms with E-state index in [1.165, 1.54) is 0 Å². The number of nitrogens with zero attached hydrogens (tertiary/aromatic N) is 3. The molecule has 0 unspecified atom stereocenters. The first-order valence-corrected chi connectivity index (χ1v) is 11.5. The fourth-order valence-corrected chi connectivity index (χ4v) is 4.61. The normalized spacial score (nSPS) is 14.1. The molecule has 0 atom stereocenters. The largest absolute Gasteiger partial charge is 0.322 e. The molecule has 0 radical (unpaired) electrons. The van der Waals surface area contributed by atoms with Crippen molar-refractivity contribution in [3.05, 3.63) is 102 Å². The van der Waals surface area contributed by atoms with E-state index in [2.05, 4.69) is 15.3 Å². The van der Waals surface area contributed by atoms with Crippen molar-refractivity contribution < 1.29 is 9.59 Å². The van der Waals surface area contributed by atoms with Gasteiger partial charge >= 0.3 is 0 Å². The molecule has 3 heterocycles. The quantitative estimate of drug-likeness (QED) is 0.405. The Morgan fingerprint density at radius 3 is 2.46 bits per heavy atom. The highest BCUT2D eigenvalue weighted by Crippen LogP contribution is 2.49. The van der Waals surface area contributed by atoms with Crippen LogP contribution in [0.15, 0.2) is 79.3 Å². The summed E-state index contributed by atoms with van der Waals surface area (Å²) in [5, 5.41) is 2.96. The van der Waals surface area contributed by atoms with Crippen LogP contribution in [0.25, 0.3) is 11.1 Å². The number of nitrogens with one attached hydrogen (secondary N) is 1. The molecule has 0 aliphatic carbocycles. The lowest BCUT2D eigenvalue weighted by Crippen LogP contribution is -2.33. The molecule has 6 nitrogen and oxygen atoms in total. The monoisotopic (exact) mass is 462 g/mol. The van der Waals surface area contributed by atoms with Gasteiger partial charge in [0.2, 0.25) is 5.91 Å². The molecule has 1 aliphatic rings. The highest BCUT2D eigenvalue weighted by Gasteiger charge is 2.46. The van der Waals surface area contributed by atoms with Gasteiger partial charge in [-0.05, 0) is 75.2 Å². The first kappa shape index (κ1) is 22.5. The Bertz CT molecular complexity index is 1440. The lowest BCUT2D eigenvalue weighted by atomic mass is 9.81. The van der Waals surface area contributed by atoms with Gasteiger partial charge < -0.3 is 5.32 Å². The number of benzene rings is 2. The van der Waals surface area contributed by atoms with Gasteiger partial charge in [-0.1, -0.05) is 29.8 Å². The number of amides is 2. The smallest absolute Gasteiger partial charge is 0.257 e. The lowest BCUT2D eigenvalue weighted by molar-refractivity contribution is -0.121. The number of aromatic nitrogens is 2. The van der Waals surface area contributed by atoms with Crippen molar-refractivity contribution >= 4 is 28.9 Å². The number of hydrogen-bond acceptors (Lipinski definition) is 4. The van der Waals surface area contributed by atoms with Crippen molar-refractivity contribution in [2.24, 2.45) is 0 Å². The number of hydrogen-bond donors (Lipinski definition) is 1. The van der Waals surface area contributed by atoms with Crippen LogP contribution in [0.4, 0.5) is 17.1 Å². The second-order valence-corrected chi connectivity index (χ2v) is 9.35. The molecule has 35 heavy (non-hydrogen) atoms. The average molecular weight is 463 g/mol. The summed E-state index contributed by atoms with van der Waals surface area (Å²) in [7, 11) is 0. The molecule has 0 fully saturated rings. The molecule has 6 heteroatoms. The molecule has 0 saturated carbocycles. The van der Waals surface area contributed by atoms with E-state index in [-0.39, 0.29) is 11.8 Å². The molecule has 1 N–H and O–H groups in total. The summed E-state index contributed by atoms with van der Waals surface area (Å²) in [6.07, 6.45) is 5.14. The molecule has 0 saturated heterocycles. The summed E-state index contributed by atoms with van der Waals surface area (Å²) in [6, 6.07) is 19.1. The Hall–Kier alpha value is -4.32. The molecular formula is C29H26N4O2. The zero-order chi connectivity index (χ0) is 24.7. The van der Waals surface area contributed by atoms with Crippen LogP contribution in [0.3, 0.4) is 0 Å². The number of rotatable bonds is 4. The third-order valence-corrected chi connectivity index (χ3v) is 6.50. The van der Waals surface area contributed by atoms with Gasteiger partial charge in [0.15, 0.2) is 0 Å². The molecular weight excluding hydrogens is 436 g/mol. The minimum atomic E-state index is -0.767. The number of pyridine rings is 2. The number of fused-ring (bicyclic) bond motifs is 1. The third kappa shape index (κ3) is 3.87. The topological polar surface area (TPSA) is 75.2 Å². The first-order chi connectivity index (χ1) is 16.8. The Labute approximate surface area is 204 Å². The molecule has 0 spiro atoms. The molecule has 2 aromatic carbocycles. The first-order valence-electron chi connectivity index (χ1n) is 11.5. The Kier molecular flexibility index (Phi) is 5.44. The zero-order valence-electron chi connectivity index (χ0n) is 20.2. The van der Waals surface area contributed by atoms with Crippen molar-refractivity contribution in [3.8, 4) is 11.1 Å². The summed E-state index contributed by atoms with van der Waals surface area (Å²) in [5.74, 6) is -0.244. The minimum absolute atomic E-state index is 0.0228. The van der Waals surface area contributed by atoms with E-state index in [1.54, 1.807) is 23.5 Å². The molecule has 4 aromatic rings. The van der Waals surface area contributed by atoms with Gasteiger partial charge in [0, 0.05) is 23.6 Å². The predicted molar refractivity (Wildman–Crippen MR) is 138 cm³/mol. The highest BCUT2D eigenvalue weighted by molar-refractivity contribution is 6.14. The van der Waals surface area contributed by atoms with E-state index >= 15 is 0 Å². The molecule has 2 aromatic heterocycles. The Morgan fingerprint density at radius 1 is 0.971 bits per heavy atom. The average Bonchev–Trinajstić information content (AvgIpc) is 3.06. The highest BCUT2D eigenvalue weighted by atomic mass is 16.2. The summed E-state index contributed by atoms with van der Waals surface area (Å²) in [4.78, 5) is 37.1. The fraction of sp³-hybridized carbons (Fsp3) is 0.172. The molecule has 174 valence electrons. The van der Waals surface area contributed by atoms with Gasteiger partial charge in [-0.2, -0.15) is 0 Å². The maximum absolute atomic E-state index is 13.5. The summed E-state index contributed by atoms with van der Waals surface area (Å²) < 4.78 is 0. The number of carbonyl (C=O) groups is 2.